The van der Waals surface area contributed by atoms with E-state index in [1.165, 1.54) is 10.4 Å². The molecule has 1 N–H and O–H groups in total. The minimum atomic E-state index is -0.296. The summed E-state index contributed by atoms with van der Waals surface area (Å²) in [5, 5.41) is 12.3. The largest absolute Gasteiger partial charge is 0.391 e. The smallest absolute Gasteiger partial charge is 0.0693 e. The first kappa shape index (κ1) is 13.1. The van der Waals surface area contributed by atoms with E-state index in [9.17, 15) is 5.11 Å². The summed E-state index contributed by atoms with van der Waals surface area (Å²) in [6.07, 6.45) is 1.81. The van der Waals surface area contributed by atoms with Gasteiger partial charge in [0, 0.05) is 23.0 Å². The maximum absolute atomic E-state index is 10.1. The van der Waals surface area contributed by atoms with Gasteiger partial charge in [0.1, 0.15) is 0 Å². The molecule has 0 spiro atoms. The van der Waals surface area contributed by atoms with Crippen LogP contribution in [0.3, 0.4) is 0 Å². The first-order chi connectivity index (χ1) is 8.00. The van der Waals surface area contributed by atoms with Crippen LogP contribution in [-0.2, 0) is 6.42 Å². The van der Waals surface area contributed by atoms with Crippen LogP contribution in [0, 0.1) is 0 Å². The topological polar surface area (TPSA) is 23.5 Å². The summed E-state index contributed by atoms with van der Waals surface area (Å²) >= 11 is 1.87. The van der Waals surface area contributed by atoms with Crippen LogP contribution in [0.4, 0.5) is 0 Å². The van der Waals surface area contributed by atoms with Crippen LogP contribution >= 0.6 is 11.3 Å². The predicted octanol–water partition coefficient (Wildman–Crippen LogP) is 3.22. The van der Waals surface area contributed by atoms with E-state index in [-0.39, 0.29) is 11.6 Å². The molecular formula is C14H23NOS. The van der Waals surface area contributed by atoms with Crippen molar-refractivity contribution in [3.05, 3.63) is 21.9 Å². The van der Waals surface area contributed by atoms with Crippen LogP contribution in [0.25, 0.3) is 0 Å². The normalized spacial score (nSPS) is 26.3. The molecule has 2 nitrogen and oxygen atoms in total. The van der Waals surface area contributed by atoms with Gasteiger partial charge >= 0.3 is 0 Å². The summed E-state index contributed by atoms with van der Waals surface area (Å²) in [4.78, 5) is 4.00. The number of thiophene rings is 1. The lowest BCUT2D eigenvalue weighted by Gasteiger charge is -2.48. The SMILES string of the molecule is CCC(C)(C(C)O)N1CCc2sccc2C1C. The molecule has 17 heavy (non-hydrogen) atoms. The van der Waals surface area contributed by atoms with Gasteiger partial charge in [-0.25, -0.2) is 0 Å². The van der Waals surface area contributed by atoms with Gasteiger partial charge in [-0.2, -0.15) is 0 Å². The van der Waals surface area contributed by atoms with Crippen LogP contribution in [-0.4, -0.2) is 28.2 Å². The second-order valence-corrected chi connectivity index (χ2v) is 6.31. The lowest BCUT2D eigenvalue weighted by molar-refractivity contribution is -0.0393. The second kappa shape index (κ2) is 4.71. The van der Waals surface area contributed by atoms with Crippen LogP contribution in [0.15, 0.2) is 11.4 Å². The third kappa shape index (κ3) is 2.05. The molecule has 2 rings (SSSR count). The number of nitrogens with zero attached hydrogens (tertiary/aromatic N) is 1. The molecule has 96 valence electrons. The van der Waals surface area contributed by atoms with E-state index >= 15 is 0 Å². The van der Waals surface area contributed by atoms with Gasteiger partial charge in [0.2, 0.25) is 0 Å². The molecule has 3 atom stereocenters. The molecule has 0 saturated carbocycles. The molecule has 3 heteroatoms. The Hall–Kier alpha value is -0.380. The van der Waals surface area contributed by atoms with E-state index < -0.39 is 0 Å². The molecule has 0 aromatic carbocycles. The van der Waals surface area contributed by atoms with Crippen LogP contribution in [0.1, 0.15) is 50.6 Å². The van der Waals surface area contributed by atoms with Gasteiger partial charge in [0.25, 0.3) is 0 Å². The van der Waals surface area contributed by atoms with Crippen molar-refractivity contribution in [3.63, 3.8) is 0 Å². The quantitative estimate of drug-likeness (QED) is 0.894. The van der Waals surface area contributed by atoms with Crippen molar-refractivity contribution in [2.45, 2.75) is 58.2 Å². The van der Waals surface area contributed by atoms with Crippen molar-refractivity contribution in [2.24, 2.45) is 0 Å². The molecule has 0 bridgehead atoms. The first-order valence-electron chi connectivity index (χ1n) is 6.51. The molecule has 1 aliphatic heterocycles. The zero-order valence-electron chi connectivity index (χ0n) is 11.2. The zero-order chi connectivity index (χ0) is 12.6. The molecule has 0 aliphatic carbocycles. The zero-order valence-corrected chi connectivity index (χ0v) is 12.0. The highest BCUT2D eigenvalue weighted by Gasteiger charge is 2.40. The Morgan fingerprint density at radius 2 is 2.35 bits per heavy atom. The van der Waals surface area contributed by atoms with Crippen LogP contribution in [0.2, 0.25) is 0 Å². The Balaban J connectivity index is 2.30. The highest BCUT2D eigenvalue weighted by molar-refractivity contribution is 7.10. The molecule has 3 unspecified atom stereocenters. The summed E-state index contributed by atoms with van der Waals surface area (Å²) in [5.74, 6) is 0. The second-order valence-electron chi connectivity index (χ2n) is 5.31. The number of rotatable bonds is 3. The van der Waals surface area contributed by atoms with Crippen molar-refractivity contribution in [2.75, 3.05) is 6.54 Å². The molecule has 2 heterocycles. The number of hydrogen-bond acceptors (Lipinski definition) is 3. The third-order valence-electron chi connectivity index (χ3n) is 4.55. The highest BCUT2D eigenvalue weighted by atomic mass is 32.1. The minimum Gasteiger partial charge on any atom is -0.391 e. The summed E-state index contributed by atoms with van der Waals surface area (Å²) in [7, 11) is 0. The van der Waals surface area contributed by atoms with Gasteiger partial charge in [0.15, 0.2) is 0 Å². The Kier molecular flexibility index (Phi) is 3.62. The van der Waals surface area contributed by atoms with Crippen molar-refractivity contribution in [3.8, 4) is 0 Å². The average Bonchev–Trinajstić information content (AvgIpc) is 2.77. The van der Waals surface area contributed by atoms with Gasteiger partial charge in [-0.1, -0.05) is 6.92 Å². The number of aliphatic hydroxyl groups excluding tert-OH is 1. The highest BCUT2D eigenvalue weighted by Crippen LogP contribution is 2.39. The summed E-state index contributed by atoms with van der Waals surface area (Å²) in [6.45, 7) is 9.60. The molecular weight excluding hydrogens is 230 g/mol. The van der Waals surface area contributed by atoms with Gasteiger partial charge in [0.05, 0.1) is 6.10 Å². The third-order valence-corrected chi connectivity index (χ3v) is 5.55. The fourth-order valence-corrected chi connectivity index (χ4v) is 3.91. The summed E-state index contributed by atoms with van der Waals surface area (Å²) < 4.78 is 0. The number of hydrogen-bond donors (Lipinski definition) is 1. The fraction of sp³-hybridized carbons (Fsp3) is 0.714. The Morgan fingerprint density at radius 3 is 2.94 bits per heavy atom. The van der Waals surface area contributed by atoms with Gasteiger partial charge in [-0.3, -0.25) is 4.90 Å². The lowest BCUT2D eigenvalue weighted by Crippen LogP contribution is -2.55. The van der Waals surface area contributed by atoms with E-state index in [1.807, 2.05) is 18.3 Å². The Morgan fingerprint density at radius 1 is 1.65 bits per heavy atom. The first-order valence-corrected chi connectivity index (χ1v) is 7.39. The predicted molar refractivity (Wildman–Crippen MR) is 73.5 cm³/mol. The van der Waals surface area contributed by atoms with Crippen molar-refractivity contribution in [1.29, 1.82) is 0 Å². The maximum atomic E-state index is 10.1. The Bertz CT molecular complexity index is 387. The van der Waals surface area contributed by atoms with Crippen molar-refractivity contribution >= 4 is 11.3 Å². The molecule has 0 fully saturated rings. The standard InChI is InChI=1S/C14H23NOS/c1-5-14(4,11(3)16)15-8-6-13-12(10(15)2)7-9-17-13/h7,9-11,16H,5-6,8H2,1-4H3. The monoisotopic (exact) mass is 253 g/mol. The van der Waals surface area contributed by atoms with Crippen molar-refractivity contribution < 1.29 is 5.11 Å². The van der Waals surface area contributed by atoms with Crippen LogP contribution in [0.5, 0.6) is 0 Å². The van der Waals surface area contributed by atoms with E-state index in [0.717, 1.165) is 19.4 Å². The van der Waals surface area contributed by atoms with Gasteiger partial charge in [-0.05, 0) is 50.6 Å². The summed E-state index contributed by atoms with van der Waals surface area (Å²) in [6, 6.07) is 2.67. The maximum Gasteiger partial charge on any atom is 0.0693 e. The molecule has 1 aromatic rings. The summed E-state index contributed by atoms with van der Waals surface area (Å²) in [5.41, 5.74) is 1.35. The van der Waals surface area contributed by atoms with E-state index in [0.29, 0.717) is 6.04 Å². The molecule has 0 radical (unpaired) electrons. The van der Waals surface area contributed by atoms with Gasteiger partial charge < -0.3 is 5.11 Å². The van der Waals surface area contributed by atoms with E-state index in [1.54, 1.807) is 0 Å². The minimum absolute atomic E-state index is 0.112. The molecule has 1 aromatic heterocycles. The van der Waals surface area contributed by atoms with E-state index in [2.05, 4.69) is 37.1 Å². The van der Waals surface area contributed by atoms with Crippen LogP contribution < -0.4 is 0 Å². The number of fused-ring (bicyclic) bond motifs is 1. The van der Waals surface area contributed by atoms with Gasteiger partial charge in [-0.15, -0.1) is 11.3 Å². The average molecular weight is 253 g/mol. The molecule has 1 aliphatic rings. The number of aliphatic hydroxyl groups is 1. The Labute approximate surface area is 108 Å². The molecule has 0 saturated heterocycles. The molecule has 0 amide bonds. The van der Waals surface area contributed by atoms with E-state index in [4.69, 9.17) is 0 Å². The lowest BCUT2D eigenvalue weighted by atomic mass is 9.86. The van der Waals surface area contributed by atoms with Crippen molar-refractivity contribution in [1.82, 2.24) is 4.90 Å². The fourth-order valence-electron chi connectivity index (χ4n) is 2.95.